The van der Waals surface area contributed by atoms with Crippen LogP contribution in [0.3, 0.4) is 0 Å². The van der Waals surface area contributed by atoms with Crippen LogP contribution in [0, 0.1) is 0 Å². The van der Waals surface area contributed by atoms with Crippen LogP contribution in [-0.2, 0) is 0 Å². The molecule has 1 aromatic heterocycles. The average molecular weight is 381 g/mol. The van der Waals surface area contributed by atoms with Crippen LogP contribution in [0.2, 0.25) is 0 Å². The third-order valence-electron chi connectivity index (χ3n) is 2.37. The molecule has 2 aliphatic rings. The van der Waals surface area contributed by atoms with Gasteiger partial charge in [-0.1, -0.05) is 47.0 Å². The highest BCUT2D eigenvalue weighted by atomic mass is 32.3. The third kappa shape index (κ3) is 2.66. The first-order valence-corrected chi connectivity index (χ1v) is 11.0. The molecule has 0 bridgehead atoms. The summed E-state index contributed by atoms with van der Waals surface area (Å²) in [7, 11) is 0. The number of aromatic amines is 2. The van der Waals surface area contributed by atoms with Gasteiger partial charge < -0.3 is 0 Å². The van der Waals surface area contributed by atoms with Crippen LogP contribution in [0.25, 0.3) is 0 Å². The molecule has 0 saturated carbocycles. The van der Waals surface area contributed by atoms with Crippen molar-refractivity contribution < 1.29 is 0 Å². The minimum atomic E-state index is -0.233. The lowest BCUT2D eigenvalue weighted by Gasteiger charge is -1.99. The molecular weight excluding hydrogens is 373 g/mol. The quantitative estimate of drug-likeness (QED) is 0.805. The van der Waals surface area contributed by atoms with Gasteiger partial charge in [-0.05, 0) is 12.5 Å². The largest absolute Gasteiger partial charge is 0.277 e. The van der Waals surface area contributed by atoms with Gasteiger partial charge in [0.1, 0.15) is 0 Å². The van der Waals surface area contributed by atoms with Gasteiger partial charge in [0.2, 0.25) is 0 Å². The van der Waals surface area contributed by atoms with Gasteiger partial charge in [0.15, 0.2) is 0 Å². The number of thioether (sulfide) groups is 6. The van der Waals surface area contributed by atoms with Gasteiger partial charge in [-0.3, -0.25) is 19.8 Å². The number of rotatable bonds is 2. The van der Waals surface area contributed by atoms with Crippen molar-refractivity contribution in [3.63, 3.8) is 0 Å². The topological polar surface area (TPSA) is 65.7 Å². The van der Waals surface area contributed by atoms with Crippen LogP contribution in [0.1, 0.15) is 0 Å². The predicted octanol–water partition coefficient (Wildman–Crippen LogP) is 3.72. The van der Waals surface area contributed by atoms with E-state index in [1.54, 1.807) is 47.0 Å². The average Bonchev–Trinajstić information content (AvgIpc) is 3.06. The number of hydrogen-bond donors (Lipinski definition) is 2. The summed E-state index contributed by atoms with van der Waals surface area (Å²) in [5, 5.41) is 4.74. The molecule has 0 saturated heterocycles. The molecule has 0 radical (unpaired) electrons. The van der Waals surface area contributed by atoms with E-state index < -0.39 is 0 Å². The molecule has 0 aromatic carbocycles. The molecule has 3 heterocycles. The predicted molar refractivity (Wildman–Crippen MR) is 95.7 cm³/mol. The number of nitrogens with one attached hydrogen (secondary N) is 2. The van der Waals surface area contributed by atoms with Gasteiger partial charge in [-0.15, -0.1) is 23.5 Å². The maximum absolute atomic E-state index is 11.8. The van der Waals surface area contributed by atoms with E-state index in [2.05, 4.69) is 22.7 Å². The Balaban J connectivity index is 1.96. The Kier molecular flexibility index (Phi) is 4.68. The van der Waals surface area contributed by atoms with Gasteiger partial charge in [0, 0.05) is 0 Å². The van der Waals surface area contributed by atoms with E-state index in [1.165, 1.54) is 32.0 Å². The highest BCUT2D eigenvalue weighted by Crippen LogP contribution is 2.62. The molecule has 0 amide bonds. The summed E-state index contributed by atoms with van der Waals surface area (Å²) in [5.41, 5.74) is -0.465. The Morgan fingerprint density at radius 3 is 1.55 bits per heavy atom. The first-order valence-electron chi connectivity index (χ1n) is 5.27. The third-order valence-corrected chi connectivity index (χ3v) is 10.7. The summed E-state index contributed by atoms with van der Waals surface area (Å²) in [6.45, 7) is 0. The van der Waals surface area contributed by atoms with E-state index in [4.69, 9.17) is 0 Å². The fourth-order valence-corrected chi connectivity index (χ4v) is 9.28. The van der Waals surface area contributed by atoms with E-state index in [1.807, 2.05) is 0 Å². The Hall–Kier alpha value is 0.260. The lowest BCUT2D eigenvalue weighted by Crippen LogP contribution is -2.20. The molecule has 10 heteroatoms. The molecule has 0 spiro atoms. The van der Waals surface area contributed by atoms with Gasteiger partial charge in [-0.25, -0.2) is 0 Å². The van der Waals surface area contributed by atoms with Crippen molar-refractivity contribution in [2.75, 3.05) is 12.5 Å². The van der Waals surface area contributed by atoms with Gasteiger partial charge in [0.25, 0.3) is 11.1 Å². The molecule has 20 heavy (non-hydrogen) atoms. The molecule has 0 unspecified atom stereocenters. The van der Waals surface area contributed by atoms with Crippen LogP contribution in [0.4, 0.5) is 0 Å². The maximum Gasteiger partial charge on any atom is 0.277 e. The van der Waals surface area contributed by atoms with E-state index in [-0.39, 0.29) is 11.1 Å². The van der Waals surface area contributed by atoms with Crippen molar-refractivity contribution >= 4 is 70.6 Å². The molecule has 4 nitrogen and oxygen atoms in total. The van der Waals surface area contributed by atoms with Crippen LogP contribution in [0.15, 0.2) is 36.3 Å². The Morgan fingerprint density at radius 2 is 1.15 bits per heavy atom. The lowest BCUT2D eigenvalue weighted by atomic mass is 10.6. The second kappa shape index (κ2) is 6.17. The first-order chi connectivity index (χ1) is 9.63. The number of aromatic nitrogens is 2. The van der Waals surface area contributed by atoms with Crippen LogP contribution in [0.5, 0.6) is 0 Å². The van der Waals surface area contributed by atoms with E-state index in [0.717, 1.165) is 8.47 Å². The van der Waals surface area contributed by atoms with Crippen molar-refractivity contribution in [1.29, 1.82) is 0 Å². The van der Waals surface area contributed by atoms with Crippen molar-refractivity contribution in [3.8, 4) is 0 Å². The fourth-order valence-electron chi connectivity index (χ4n) is 1.51. The summed E-state index contributed by atoms with van der Waals surface area (Å²) >= 11 is 9.69. The zero-order valence-corrected chi connectivity index (χ0v) is 15.2. The number of hydrogen-bond acceptors (Lipinski definition) is 8. The first kappa shape index (κ1) is 15.2. The molecule has 0 fully saturated rings. The lowest BCUT2D eigenvalue weighted by molar-refractivity contribution is 0.861. The van der Waals surface area contributed by atoms with E-state index in [0.29, 0.717) is 9.79 Å². The van der Waals surface area contributed by atoms with Crippen LogP contribution < -0.4 is 11.1 Å². The summed E-state index contributed by atoms with van der Waals surface area (Å²) in [6, 6.07) is 0. The summed E-state index contributed by atoms with van der Waals surface area (Å²) < 4.78 is 4.74. The molecule has 2 N–H and O–H groups in total. The van der Waals surface area contributed by atoms with Crippen LogP contribution >= 0.6 is 70.6 Å². The molecule has 0 aliphatic carbocycles. The zero-order valence-electron chi connectivity index (χ0n) is 10.3. The normalized spacial score (nSPS) is 18.1. The number of fused-ring (bicyclic) bond motifs is 1. The highest BCUT2D eigenvalue weighted by molar-refractivity contribution is 8.41. The molecule has 0 atom stereocenters. The Bertz CT molecular complexity index is 688. The summed E-state index contributed by atoms with van der Waals surface area (Å²) in [6.07, 6.45) is 4.12. The fraction of sp³-hybridized carbons (Fsp3) is 0.200. The minimum absolute atomic E-state index is 0.233. The van der Waals surface area contributed by atoms with Gasteiger partial charge in [-0.2, -0.15) is 0 Å². The maximum atomic E-state index is 11.8. The summed E-state index contributed by atoms with van der Waals surface area (Å²) in [4.78, 5) is 24.5. The Morgan fingerprint density at radius 1 is 0.750 bits per heavy atom. The smallest absolute Gasteiger partial charge is 0.267 e. The second-order valence-electron chi connectivity index (χ2n) is 3.53. The molecule has 106 valence electrons. The van der Waals surface area contributed by atoms with Crippen molar-refractivity contribution in [3.05, 3.63) is 37.7 Å². The molecule has 2 aliphatic heterocycles. The molecule has 3 rings (SSSR count). The summed E-state index contributed by atoms with van der Waals surface area (Å²) in [5.74, 6) is 0. The van der Waals surface area contributed by atoms with Gasteiger partial charge in [0.05, 0.1) is 26.7 Å². The van der Waals surface area contributed by atoms with E-state index >= 15 is 0 Å². The highest BCUT2D eigenvalue weighted by Gasteiger charge is 2.30. The Labute approximate surface area is 140 Å². The second-order valence-corrected chi connectivity index (χ2v) is 10.3. The van der Waals surface area contributed by atoms with Crippen molar-refractivity contribution in [2.24, 2.45) is 0 Å². The van der Waals surface area contributed by atoms with Crippen molar-refractivity contribution in [2.45, 2.75) is 9.79 Å². The van der Waals surface area contributed by atoms with Crippen LogP contribution in [-0.4, -0.2) is 22.7 Å². The van der Waals surface area contributed by atoms with Crippen molar-refractivity contribution in [1.82, 2.24) is 10.2 Å². The standard InChI is InChI=1S/C10H8N2O2S6/c1-15-7-8(16-2)20-10(19-7)9-17-3-4(18-9)6(14)12-11-5(3)13/h1-2H3,(H,11,13)(H,12,14). The zero-order chi connectivity index (χ0) is 14.3. The SMILES string of the molecule is CSC1=C(SC)SC(=C2Sc3c(c(=O)[nH][nH]c3=O)S2)S1. The van der Waals surface area contributed by atoms with Gasteiger partial charge >= 0.3 is 0 Å². The van der Waals surface area contributed by atoms with E-state index in [9.17, 15) is 9.59 Å². The monoisotopic (exact) mass is 380 g/mol. The molecular formula is C10H8N2O2S6. The molecule has 1 aromatic rings. The number of H-pyrrole nitrogens is 2. The minimum Gasteiger partial charge on any atom is -0.267 e.